The molecule has 122 valence electrons. The number of β-amino-alcohol motifs (C(OH)–C–C–N with tert-alkyl or cyclic N) is 1. The number of nitrogens with one attached hydrogen (secondary N) is 1. The number of rotatable bonds is 6. The molecule has 1 amide bonds. The molecule has 0 saturated carbocycles. The summed E-state index contributed by atoms with van der Waals surface area (Å²) in [5, 5.41) is 12.9. The van der Waals surface area contributed by atoms with Crippen molar-refractivity contribution in [3.8, 4) is 0 Å². The van der Waals surface area contributed by atoms with E-state index in [0.717, 1.165) is 30.3 Å². The van der Waals surface area contributed by atoms with Gasteiger partial charge in [0.1, 0.15) is 0 Å². The SMILES string of the molecule is Cc1ccc(CC(=O)NCC(O)CN2CCC(C)CC2)cn1. The molecule has 0 aliphatic carbocycles. The number of piperidine rings is 1. The zero-order valence-corrected chi connectivity index (χ0v) is 13.6. The molecular formula is C17H27N3O2. The van der Waals surface area contributed by atoms with Crippen LogP contribution in [0.2, 0.25) is 0 Å². The molecule has 0 spiro atoms. The predicted molar refractivity (Wildman–Crippen MR) is 86.5 cm³/mol. The maximum absolute atomic E-state index is 11.9. The van der Waals surface area contributed by atoms with Gasteiger partial charge < -0.3 is 15.3 Å². The van der Waals surface area contributed by atoms with Crippen molar-refractivity contribution in [2.75, 3.05) is 26.2 Å². The van der Waals surface area contributed by atoms with Gasteiger partial charge in [-0.2, -0.15) is 0 Å². The predicted octanol–water partition coefficient (Wildman–Crippen LogP) is 1.14. The van der Waals surface area contributed by atoms with Gasteiger partial charge in [0.25, 0.3) is 0 Å². The fraction of sp³-hybridized carbons (Fsp3) is 0.647. The monoisotopic (exact) mass is 305 g/mol. The molecule has 5 heteroatoms. The Morgan fingerprint density at radius 2 is 2.18 bits per heavy atom. The highest BCUT2D eigenvalue weighted by molar-refractivity contribution is 5.78. The first kappa shape index (κ1) is 16.9. The van der Waals surface area contributed by atoms with E-state index in [4.69, 9.17) is 0 Å². The largest absolute Gasteiger partial charge is 0.390 e. The van der Waals surface area contributed by atoms with Crippen molar-refractivity contribution < 1.29 is 9.90 Å². The second kappa shape index (κ2) is 8.25. The number of pyridine rings is 1. The van der Waals surface area contributed by atoms with Crippen molar-refractivity contribution >= 4 is 5.91 Å². The average Bonchev–Trinajstić information content (AvgIpc) is 2.50. The summed E-state index contributed by atoms with van der Waals surface area (Å²) in [6.07, 6.45) is 3.91. The molecule has 1 unspecified atom stereocenters. The molecule has 1 aliphatic rings. The lowest BCUT2D eigenvalue weighted by Crippen LogP contribution is -2.43. The summed E-state index contributed by atoms with van der Waals surface area (Å²) in [7, 11) is 0. The van der Waals surface area contributed by atoms with Crippen LogP contribution in [0.5, 0.6) is 0 Å². The zero-order chi connectivity index (χ0) is 15.9. The van der Waals surface area contributed by atoms with E-state index < -0.39 is 6.10 Å². The first-order valence-corrected chi connectivity index (χ1v) is 8.11. The van der Waals surface area contributed by atoms with Gasteiger partial charge in [0, 0.05) is 25.0 Å². The van der Waals surface area contributed by atoms with Gasteiger partial charge in [-0.3, -0.25) is 9.78 Å². The maximum Gasteiger partial charge on any atom is 0.224 e. The summed E-state index contributed by atoms with van der Waals surface area (Å²) in [5.41, 5.74) is 1.83. The quantitative estimate of drug-likeness (QED) is 0.827. The Bertz CT molecular complexity index is 467. The lowest BCUT2D eigenvalue weighted by atomic mass is 9.99. The Labute approximate surface area is 132 Å². The molecular weight excluding hydrogens is 278 g/mol. The van der Waals surface area contributed by atoms with Crippen molar-refractivity contribution in [1.82, 2.24) is 15.2 Å². The van der Waals surface area contributed by atoms with Gasteiger partial charge in [0.05, 0.1) is 12.5 Å². The molecule has 1 aromatic heterocycles. The number of aliphatic hydroxyl groups excluding tert-OH is 1. The number of carbonyl (C=O) groups is 1. The molecule has 1 fully saturated rings. The third-order valence-electron chi connectivity index (χ3n) is 4.22. The molecule has 2 rings (SSSR count). The Kier molecular flexibility index (Phi) is 6.34. The molecule has 5 nitrogen and oxygen atoms in total. The van der Waals surface area contributed by atoms with Crippen molar-refractivity contribution in [2.24, 2.45) is 5.92 Å². The topological polar surface area (TPSA) is 65.5 Å². The second-order valence-corrected chi connectivity index (χ2v) is 6.43. The lowest BCUT2D eigenvalue weighted by molar-refractivity contribution is -0.121. The average molecular weight is 305 g/mol. The van der Waals surface area contributed by atoms with Crippen LogP contribution in [-0.4, -0.2) is 53.2 Å². The van der Waals surface area contributed by atoms with Gasteiger partial charge in [-0.15, -0.1) is 0 Å². The van der Waals surface area contributed by atoms with Crippen LogP contribution >= 0.6 is 0 Å². The fourth-order valence-corrected chi connectivity index (χ4v) is 2.69. The number of likely N-dealkylation sites (tertiary alicyclic amines) is 1. The van der Waals surface area contributed by atoms with Crippen molar-refractivity contribution in [3.63, 3.8) is 0 Å². The lowest BCUT2D eigenvalue weighted by Gasteiger charge is -2.31. The van der Waals surface area contributed by atoms with Crippen LogP contribution in [0.25, 0.3) is 0 Å². The molecule has 2 N–H and O–H groups in total. The summed E-state index contributed by atoms with van der Waals surface area (Å²) < 4.78 is 0. The highest BCUT2D eigenvalue weighted by Crippen LogP contribution is 2.15. The van der Waals surface area contributed by atoms with Gasteiger partial charge >= 0.3 is 0 Å². The Balaban J connectivity index is 1.66. The maximum atomic E-state index is 11.9. The van der Waals surface area contributed by atoms with E-state index in [1.807, 2.05) is 19.1 Å². The third kappa shape index (κ3) is 5.73. The Morgan fingerprint density at radius 3 is 2.82 bits per heavy atom. The minimum atomic E-state index is -0.506. The zero-order valence-electron chi connectivity index (χ0n) is 13.6. The molecule has 0 bridgehead atoms. The summed E-state index contributed by atoms with van der Waals surface area (Å²) in [4.78, 5) is 18.3. The molecule has 22 heavy (non-hydrogen) atoms. The molecule has 2 heterocycles. The van der Waals surface area contributed by atoms with E-state index in [0.29, 0.717) is 19.5 Å². The summed E-state index contributed by atoms with van der Waals surface area (Å²) in [5.74, 6) is 0.716. The Morgan fingerprint density at radius 1 is 1.45 bits per heavy atom. The number of aryl methyl sites for hydroxylation is 1. The minimum Gasteiger partial charge on any atom is -0.390 e. The van der Waals surface area contributed by atoms with Gasteiger partial charge in [0.2, 0.25) is 5.91 Å². The molecule has 1 aliphatic heterocycles. The smallest absolute Gasteiger partial charge is 0.224 e. The van der Waals surface area contributed by atoms with E-state index in [2.05, 4.69) is 22.1 Å². The van der Waals surface area contributed by atoms with Crippen LogP contribution in [0, 0.1) is 12.8 Å². The molecule has 1 aromatic rings. The van der Waals surface area contributed by atoms with Crippen LogP contribution < -0.4 is 5.32 Å². The summed E-state index contributed by atoms with van der Waals surface area (Å²) >= 11 is 0. The summed E-state index contributed by atoms with van der Waals surface area (Å²) in [6, 6.07) is 3.81. The number of amides is 1. The normalized spacial score (nSPS) is 18.1. The minimum absolute atomic E-state index is 0.0723. The van der Waals surface area contributed by atoms with E-state index in [1.54, 1.807) is 6.20 Å². The van der Waals surface area contributed by atoms with Crippen LogP contribution in [0.4, 0.5) is 0 Å². The Hall–Kier alpha value is -1.46. The number of hydrogen-bond donors (Lipinski definition) is 2. The van der Waals surface area contributed by atoms with Gasteiger partial charge in [-0.05, 0) is 50.4 Å². The summed E-state index contributed by atoms with van der Waals surface area (Å²) in [6.45, 7) is 7.22. The first-order chi connectivity index (χ1) is 10.5. The second-order valence-electron chi connectivity index (χ2n) is 6.43. The highest BCUT2D eigenvalue weighted by atomic mass is 16.3. The van der Waals surface area contributed by atoms with Crippen molar-refractivity contribution in [1.29, 1.82) is 0 Å². The van der Waals surface area contributed by atoms with Crippen LogP contribution in [0.15, 0.2) is 18.3 Å². The molecule has 0 aromatic carbocycles. The van der Waals surface area contributed by atoms with Crippen LogP contribution in [0.3, 0.4) is 0 Å². The number of nitrogens with zero attached hydrogens (tertiary/aromatic N) is 2. The number of carbonyl (C=O) groups excluding carboxylic acids is 1. The van der Waals surface area contributed by atoms with Crippen molar-refractivity contribution in [3.05, 3.63) is 29.6 Å². The van der Waals surface area contributed by atoms with Gasteiger partial charge in [0.15, 0.2) is 0 Å². The standard InChI is InChI=1S/C17H27N3O2/c1-13-5-7-20(8-6-13)12-16(21)11-19-17(22)9-15-4-3-14(2)18-10-15/h3-4,10,13,16,21H,5-9,11-12H2,1-2H3,(H,19,22). The van der Waals surface area contributed by atoms with Crippen LogP contribution in [-0.2, 0) is 11.2 Å². The van der Waals surface area contributed by atoms with E-state index >= 15 is 0 Å². The van der Waals surface area contributed by atoms with Crippen LogP contribution in [0.1, 0.15) is 31.0 Å². The number of hydrogen-bond acceptors (Lipinski definition) is 4. The number of aromatic nitrogens is 1. The van der Waals surface area contributed by atoms with E-state index in [9.17, 15) is 9.90 Å². The first-order valence-electron chi connectivity index (χ1n) is 8.11. The number of aliphatic hydroxyl groups is 1. The molecule has 0 radical (unpaired) electrons. The van der Waals surface area contributed by atoms with Gasteiger partial charge in [-0.25, -0.2) is 0 Å². The van der Waals surface area contributed by atoms with Crippen molar-refractivity contribution in [2.45, 2.75) is 39.2 Å². The fourth-order valence-electron chi connectivity index (χ4n) is 2.69. The highest BCUT2D eigenvalue weighted by Gasteiger charge is 2.18. The molecule has 1 atom stereocenters. The molecule has 1 saturated heterocycles. The van der Waals surface area contributed by atoms with E-state index in [-0.39, 0.29) is 5.91 Å². The van der Waals surface area contributed by atoms with Gasteiger partial charge in [-0.1, -0.05) is 13.0 Å². The third-order valence-corrected chi connectivity index (χ3v) is 4.22. The van der Waals surface area contributed by atoms with E-state index in [1.165, 1.54) is 12.8 Å².